The maximum absolute atomic E-state index is 12.9. The second-order valence-corrected chi connectivity index (χ2v) is 4.64. The van der Waals surface area contributed by atoms with E-state index >= 15 is 0 Å². The molecule has 1 heterocycles. The molecule has 0 radical (unpaired) electrons. The predicted octanol–water partition coefficient (Wildman–Crippen LogP) is 3.52. The van der Waals surface area contributed by atoms with Gasteiger partial charge >= 0.3 is 5.97 Å². The van der Waals surface area contributed by atoms with Gasteiger partial charge in [-0.05, 0) is 30.3 Å². The summed E-state index contributed by atoms with van der Waals surface area (Å²) in [5, 5.41) is 22.7. The summed E-state index contributed by atoms with van der Waals surface area (Å²) in [7, 11) is 0. The number of rotatable bonds is 3. The van der Waals surface area contributed by atoms with Crippen LogP contribution in [0.3, 0.4) is 0 Å². The standard InChI is InChI=1S/C16H11FN2O3/c17-9-5-7-10(8-6-9)18-14-13(16(21)22)11-3-1-2-4-12(11)19-15(14)20/h1-8,18H,(H,19,20)(H,21,22). The van der Waals surface area contributed by atoms with Crippen LogP contribution in [-0.4, -0.2) is 21.2 Å². The number of fused-ring (bicyclic) bond motifs is 1. The number of halogens is 1. The number of benzene rings is 2. The molecule has 0 aliphatic rings. The van der Waals surface area contributed by atoms with Crippen LogP contribution in [-0.2, 0) is 0 Å². The van der Waals surface area contributed by atoms with Gasteiger partial charge in [0.25, 0.3) is 0 Å². The lowest BCUT2D eigenvalue weighted by Crippen LogP contribution is -2.05. The summed E-state index contributed by atoms with van der Waals surface area (Å²) in [4.78, 5) is 15.6. The number of aromatic nitrogens is 1. The van der Waals surface area contributed by atoms with Crippen molar-refractivity contribution in [2.75, 3.05) is 5.32 Å². The first kappa shape index (κ1) is 13.8. The number of carboxylic acids is 1. The van der Waals surface area contributed by atoms with Crippen LogP contribution in [0, 0.1) is 5.82 Å². The van der Waals surface area contributed by atoms with Crippen molar-refractivity contribution >= 4 is 28.2 Å². The average Bonchev–Trinajstić information content (AvgIpc) is 2.49. The number of carbonyl (C=O) groups is 1. The molecule has 0 bridgehead atoms. The molecule has 6 heteroatoms. The van der Waals surface area contributed by atoms with Crippen LogP contribution < -0.4 is 5.32 Å². The molecule has 5 nitrogen and oxygen atoms in total. The third-order valence-corrected chi connectivity index (χ3v) is 3.20. The minimum Gasteiger partial charge on any atom is -0.492 e. The van der Waals surface area contributed by atoms with Gasteiger partial charge in [-0.2, -0.15) is 0 Å². The highest BCUT2D eigenvalue weighted by atomic mass is 19.1. The fourth-order valence-electron chi connectivity index (χ4n) is 2.22. The van der Waals surface area contributed by atoms with Crippen molar-refractivity contribution in [2.24, 2.45) is 0 Å². The van der Waals surface area contributed by atoms with E-state index in [0.29, 0.717) is 16.6 Å². The molecule has 0 amide bonds. The van der Waals surface area contributed by atoms with Crippen molar-refractivity contribution in [1.29, 1.82) is 0 Å². The Labute approximate surface area is 124 Å². The SMILES string of the molecule is O=C(O)c1c(Nc2ccc(F)cc2)c(O)nc2ccccc12. The maximum Gasteiger partial charge on any atom is 0.338 e. The molecule has 3 rings (SSSR count). The molecule has 2 aromatic carbocycles. The summed E-state index contributed by atoms with van der Waals surface area (Å²) < 4.78 is 12.9. The van der Waals surface area contributed by atoms with Gasteiger partial charge in [0.2, 0.25) is 5.88 Å². The summed E-state index contributed by atoms with van der Waals surface area (Å²) in [5.41, 5.74) is 0.698. The molecule has 110 valence electrons. The number of para-hydroxylation sites is 1. The van der Waals surface area contributed by atoms with Crippen molar-refractivity contribution in [1.82, 2.24) is 4.98 Å². The van der Waals surface area contributed by atoms with Crippen LogP contribution in [0.2, 0.25) is 0 Å². The highest BCUT2D eigenvalue weighted by molar-refractivity contribution is 6.09. The lowest BCUT2D eigenvalue weighted by Gasteiger charge is -2.13. The summed E-state index contributed by atoms with van der Waals surface area (Å²) in [6, 6.07) is 12.0. The van der Waals surface area contributed by atoms with Crippen molar-refractivity contribution in [2.45, 2.75) is 0 Å². The first-order chi connectivity index (χ1) is 10.6. The van der Waals surface area contributed by atoms with E-state index in [0.717, 1.165) is 0 Å². The minimum atomic E-state index is -1.20. The monoisotopic (exact) mass is 298 g/mol. The fourth-order valence-corrected chi connectivity index (χ4v) is 2.22. The molecule has 3 N–H and O–H groups in total. The number of carboxylic acid groups (broad SMARTS) is 1. The zero-order valence-corrected chi connectivity index (χ0v) is 11.2. The first-order valence-electron chi connectivity index (χ1n) is 6.44. The summed E-state index contributed by atoms with van der Waals surface area (Å²) in [5.74, 6) is -2.04. The molecular weight excluding hydrogens is 287 g/mol. The first-order valence-corrected chi connectivity index (χ1v) is 6.44. The second kappa shape index (κ2) is 5.33. The van der Waals surface area contributed by atoms with Crippen LogP contribution in [0.4, 0.5) is 15.8 Å². The Morgan fingerprint density at radius 2 is 1.77 bits per heavy atom. The van der Waals surface area contributed by atoms with Gasteiger partial charge in [-0.1, -0.05) is 18.2 Å². The van der Waals surface area contributed by atoms with Gasteiger partial charge in [-0.15, -0.1) is 0 Å². The van der Waals surface area contributed by atoms with E-state index in [1.807, 2.05) is 0 Å². The zero-order chi connectivity index (χ0) is 15.7. The molecule has 0 spiro atoms. The third-order valence-electron chi connectivity index (χ3n) is 3.20. The lowest BCUT2D eigenvalue weighted by molar-refractivity contribution is 0.0699. The van der Waals surface area contributed by atoms with E-state index in [1.54, 1.807) is 24.3 Å². The minimum absolute atomic E-state index is 0.0298. The molecule has 0 saturated carbocycles. The van der Waals surface area contributed by atoms with Crippen LogP contribution in [0.1, 0.15) is 10.4 Å². The number of aromatic carboxylic acids is 1. The molecular formula is C16H11FN2O3. The van der Waals surface area contributed by atoms with Crippen molar-refractivity contribution in [3.63, 3.8) is 0 Å². The van der Waals surface area contributed by atoms with E-state index < -0.39 is 17.7 Å². The third kappa shape index (κ3) is 2.42. The average molecular weight is 298 g/mol. The zero-order valence-electron chi connectivity index (χ0n) is 11.2. The van der Waals surface area contributed by atoms with Gasteiger partial charge in [0.05, 0.1) is 11.1 Å². The molecule has 0 saturated heterocycles. The van der Waals surface area contributed by atoms with Gasteiger partial charge in [0.15, 0.2) is 0 Å². The topological polar surface area (TPSA) is 82.5 Å². The van der Waals surface area contributed by atoms with Crippen LogP contribution >= 0.6 is 0 Å². The normalized spacial score (nSPS) is 10.6. The van der Waals surface area contributed by atoms with Gasteiger partial charge in [0.1, 0.15) is 11.5 Å². The molecule has 1 aromatic heterocycles. The number of nitrogens with zero attached hydrogens (tertiary/aromatic N) is 1. The van der Waals surface area contributed by atoms with Crippen molar-refractivity contribution in [3.05, 3.63) is 59.9 Å². The Kier molecular flexibility index (Phi) is 3.34. The number of pyridine rings is 1. The van der Waals surface area contributed by atoms with E-state index in [4.69, 9.17) is 0 Å². The van der Waals surface area contributed by atoms with Gasteiger partial charge in [-0.3, -0.25) is 0 Å². The second-order valence-electron chi connectivity index (χ2n) is 4.64. The molecule has 0 unspecified atom stereocenters. The summed E-state index contributed by atoms with van der Waals surface area (Å²) >= 11 is 0. The quantitative estimate of drug-likeness (QED) is 0.689. The Morgan fingerprint density at radius 1 is 1.09 bits per heavy atom. The number of hydrogen-bond acceptors (Lipinski definition) is 4. The fraction of sp³-hybridized carbons (Fsp3) is 0. The Balaban J connectivity index is 2.19. The Morgan fingerprint density at radius 3 is 2.45 bits per heavy atom. The number of aromatic hydroxyl groups is 1. The maximum atomic E-state index is 12.9. The number of nitrogens with one attached hydrogen (secondary N) is 1. The highest BCUT2D eigenvalue weighted by Gasteiger charge is 2.20. The van der Waals surface area contributed by atoms with Crippen molar-refractivity contribution < 1.29 is 19.4 Å². The smallest absolute Gasteiger partial charge is 0.338 e. The van der Waals surface area contributed by atoms with Gasteiger partial charge < -0.3 is 15.5 Å². The molecule has 22 heavy (non-hydrogen) atoms. The summed E-state index contributed by atoms with van der Waals surface area (Å²) in [6.45, 7) is 0. The van der Waals surface area contributed by atoms with E-state index in [2.05, 4.69) is 10.3 Å². The van der Waals surface area contributed by atoms with Gasteiger partial charge in [0, 0.05) is 11.1 Å². The summed E-state index contributed by atoms with van der Waals surface area (Å²) in [6.07, 6.45) is 0. The van der Waals surface area contributed by atoms with Crippen LogP contribution in [0.25, 0.3) is 10.9 Å². The largest absolute Gasteiger partial charge is 0.492 e. The van der Waals surface area contributed by atoms with Gasteiger partial charge in [-0.25, -0.2) is 14.2 Å². The molecule has 0 aliphatic carbocycles. The molecule has 0 fully saturated rings. The van der Waals surface area contributed by atoms with Crippen LogP contribution in [0.5, 0.6) is 5.88 Å². The molecule has 3 aromatic rings. The highest BCUT2D eigenvalue weighted by Crippen LogP contribution is 2.34. The molecule has 0 aliphatic heterocycles. The van der Waals surface area contributed by atoms with E-state index in [-0.39, 0.29) is 11.3 Å². The van der Waals surface area contributed by atoms with E-state index in [9.17, 15) is 19.4 Å². The Hall–Kier alpha value is -3.15. The van der Waals surface area contributed by atoms with E-state index in [1.165, 1.54) is 24.3 Å². The lowest BCUT2D eigenvalue weighted by atomic mass is 10.1. The predicted molar refractivity (Wildman–Crippen MR) is 80.0 cm³/mol. The Bertz CT molecular complexity index is 863. The number of anilines is 2. The van der Waals surface area contributed by atoms with Crippen molar-refractivity contribution in [3.8, 4) is 5.88 Å². The van der Waals surface area contributed by atoms with Crippen LogP contribution in [0.15, 0.2) is 48.5 Å². The number of hydrogen-bond donors (Lipinski definition) is 3. The molecule has 0 atom stereocenters.